The lowest BCUT2D eigenvalue weighted by Gasteiger charge is -2.21. The maximum atomic E-state index is 12.4. The molecule has 23 heavy (non-hydrogen) atoms. The predicted octanol–water partition coefficient (Wildman–Crippen LogP) is 3.84. The van der Waals surface area contributed by atoms with E-state index in [4.69, 9.17) is 0 Å². The van der Waals surface area contributed by atoms with Gasteiger partial charge in [-0.2, -0.15) is 0 Å². The number of hydrogen-bond acceptors (Lipinski definition) is 4. The minimum atomic E-state index is -3.73. The van der Waals surface area contributed by atoms with Crippen LogP contribution in [0.1, 0.15) is 31.1 Å². The van der Waals surface area contributed by atoms with Gasteiger partial charge in [0.2, 0.25) is 0 Å². The zero-order valence-electron chi connectivity index (χ0n) is 12.9. The van der Waals surface area contributed by atoms with Crippen LogP contribution < -0.4 is 10.0 Å². The maximum absolute atomic E-state index is 12.4. The van der Waals surface area contributed by atoms with Gasteiger partial charge < -0.3 is 5.32 Å². The summed E-state index contributed by atoms with van der Waals surface area (Å²) < 4.78 is 28.2. The number of sulfonamides is 1. The first-order valence-corrected chi connectivity index (χ1v) is 9.87. The Kier molecular flexibility index (Phi) is 5.17. The van der Waals surface area contributed by atoms with Gasteiger partial charge in [-0.05, 0) is 61.0 Å². The van der Waals surface area contributed by atoms with Crippen molar-refractivity contribution in [1.82, 2.24) is 5.32 Å². The number of amides is 1. The Morgan fingerprint density at radius 2 is 1.78 bits per heavy atom. The van der Waals surface area contributed by atoms with Crippen molar-refractivity contribution in [2.45, 2.75) is 30.5 Å². The van der Waals surface area contributed by atoms with Crippen LogP contribution in [-0.4, -0.2) is 19.9 Å². The van der Waals surface area contributed by atoms with Crippen LogP contribution in [0.15, 0.2) is 44.4 Å². The molecule has 0 fully saturated rings. The summed E-state index contributed by atoms with van der Waals surface area (Å²) in [6.45, 7) is 5.59. The molecular weight excluding hydrogens is 400 g/mol. The Morgan fingerprint density at radius 3 is 2.35 bits per heavy atom. The number of carbonyl (C=O) groups is 1. The van der Waals surface area contributed by atoms with Crippen LogP contribution in [0.3, 0.4) is 0 Å². The Morgan fingerprint density at radius 1 is 1.13 bits per heavy atom. The number of para-hydroxylation sites is 1. The molecule has 1 heterocycles. The van der Waals surface area contributed by atoms with Gasteiger partial charge in [-0.3, -0.25) is 9.52 Å². The van der Waals surface area contributed by atoms with Crippen molar-refractivity contribution in [2.75, 3.05) is 4.72 Å². The van der Waals surface area contributed by atoms with E-state index < -0.39 is 15.6 Å². The first kappa shape index (κ1) is 18.0. The Balaban J connectivity index is 2.33. The largest absolute Gasteiger partial charge is 0.347 e. The number of anilines is 1. The number of nitrogens with one attached hydrogen (secondary N) is 2. The van der Waals surface area contributed by atoms with Gasteiger partial charge in [0, 0.05) is 5.54 Å². The number of hydrogen-bond donors (Lipinski definition) is 2. The lowest BCUT2D eigenvalue weighted by molar-refractivity contribution is 0.0920. The van der Waals surface area contributed by atoms with Crippen LogP contribution in [0.5, 0.6) is 0 Å². The lowest BCUT2D eigenvalue weighted by Crippen LogP contribution is -2.40. The first-order chi connectivity index (χ1) is 10.6. The van der Waals surface area contributed by atoms with E-state index in [9.17, 15) is 13.2 Å². The number of thiophene rings is 1. The van der Waals surface area contributed by atoms with E-state index in [0.717, 1.165) is 15.1 Å². The second-order valence-corrected chi connectivity index (χ2v) is 10.3. The van der Waals surface area contributed by atoms with E-state index in [1.807, 2.05) is 20.8 Å². The fourth-order valence-electron chi connectivity index (χ4n) is 1.82. The fraction of sp³-hybridized carbons (Fsp3) is 0.267. The van der Waals surface area contributed by atoms with E-state index in [1.165, 1.54) is 6.07 Å². The van der Waals surface area contributed by atoms with Gasteiger partial charge in [0.25, 0.3) is 15.9 Å². The van der Waals surface area contributed by atoms with E-state index in [1.54, 1.807) is 30.3 Å². The molecule has 0 atom stereocenters. The normalized spacial score (nSPS) is 12.0. The molecule has 0 unspecified atom stereocenters. The van der Waals surface area contributed by atoms with Gasteiger partial charge in [0.1, 0.15) is 4.21 Å². The summed E-state index contributed by atoms with van der Waals surface area (Å²) in [6.07, 6.45) is 0. The quantitative estimate of drug-likeness (QED) is 0.794. The van der Waals surface area contributed by atoms with Crippen molar-refractivity contribution < 1.29 is 13.2 Å². The van der Waals surface area contributed by atoms with Crippen LogP contribution in [0, 0.1) is 0 Å². The monoisotopic (exact) mass is 416 g/mol. The average Bonchev–Trinajstić information content (AvgIpc) is 2.84. The van der Waals surface area contributed by atoms with E-state index in [-0.39, 0.29) is 21.4 Å². The minimum Gasteiger partial charge on any atom is -0.347 e. The molecule has 2 aromatic rings. The van der Waals surface area contributed by atoms with Gasteiger partial charge in [-0.1, -0.05) is 12.1 Å². The van der Waals surface area contributed by atoms with Crippen LogP contribution >= 0.6 is 27.3 Å². The molecule has 2 N–H and O–H groups in total. The van der Waals surface area contributed by atoms with E-state index >= 15 is 0 Å². The van der Waals surface area contributed by atoms with Gasteiger partial charge in [-0.25, -0.2) is 8.42 Å². The Labute approximate surface area is 148 Å². The second-order valence-electron chi connectivity index (χ2n) is 5.91. The van der Waals surface area contributed by atoms with E-state index in [0.29, 0.717) is 0 Å². The van der Waals surface area contributed by atoms with Crippen molar-refractivity contribution in [3.05, 3.63) is 45.7 Å². The summed E-state index contributed by atoms with van der Waals surface area (Å²) in [6, 6.07) is 9.70. The number of rotatable bonds is 4. The lowest BCUT2D eigenvalue weighted by atomic mass is 10.1. The summed E-state index contributed by atoms with van der Waals surface area (Å²) in [5, 5.41) is 2.83. The summed E-state index contributed by atoms with van der Waals surface area (Å²) >= 11 is 4.35. The van der Waals surface area contributed by atoms with Crippen molar-refractivity contribution in [2.24, 2.45) is 0 Å². The van der Waals surface area contributed by atoms with Crippen molar-refractivity contribution in [3.8, 4) is 0 Å². The topological polar surface area (TPSA) is 75.3 Å². The average molecular weight is 417 g/mol. The second kappa shape index (κ2) is 6.62. The number of carbonyl (C=O) groups excluding carboxylic acids is 1. The molecule has 1 aromatic carbocycles. The molecule has 0 saturated heterocycles. The highest BCUT2D eigenvalue weighted by molar-refractivity contribution is 9.11. The van der Waals surface area contributed by atoms with Crippen LogP contribution in [-0.2, 0) is 10.0 Å². The van der Waals surface area contributed by atoms with Gasteiger partial charge >= 0.3 is 0 Å². The highest BCUT2D eigenvalue weighted by atomic mass is 79.9. The van der Waals surface area contributed by atoms with Crippen molar-refractivity contribution in [1.29, 1.82) is 0 Å². The van der Waals surface area contributed by atoms with E-state index in [2.05, 4.69) is 26.0 Å². The smallest absolute Gasteiger partial charge is 0.271 e. The van der Waals surface area contributed by atoms with Gasteiger partial charge in [0.05, 0.1) is 15.0 Å². The zero-order valence-corrected chi connectivity index (χ0v) is 16.1. The Bertz CT molecular complexity index is 823. The molecule has 1 amide bonds. The molecule has 124 valence electrons. The first-order valence-electron chi connectivity index (χ1n) is 6.78. The standard InChI is InChI=1S/C15H17BrN2O3S2/c1-15(2,3)17-14(19)10-6-4-5-7-11(10)18-23(20,21)13-9-8-12(16)22-13/h4-9,18H,1-3H3,(H,17,19). The molecule has 0 spiro atoms. The molecule has 0 saturated carbocycles. The van der Waals surface area contributed by atoms with Crippen molar-refractivity contribution in [3.63, 3.8) is 0 Å². The molecule has 1 aromatic heterocycles. The molecule has 5 nitrogen and oxygen atoms in total. The third kappa shape index (κ3) is 4.79. The molecule has 0 aliphatic rings. The molecular formula is C15H17BrN2O3S2. The molecule has 0 aliphatic heterocycles. The summed E-state index contributed by atoms with van der Waals surface area (Å²) in [4.78, 5) is 12.4. The van der Waals surface area contributed by atoms with Gasteiger partial charge in [-0.15, -0.1) is 11.3 Å². The zero-order chi connectivity index (χ0) is 17.3. The fourth-order valence-corrected chi connectivity index (χ4v) is 4.90. The summed E-state index contributed by atoms with van der Waals surface area (Å²) in [5.41, 5.74) is 0.113. The minimum absolute atomic E-state index is 0.176. The predicted molar refractivity (Wildman–Crippen MR) is 96.5 cm³/mol. The summed E-state index contributed by atoms with van der Waals surface area (Å²) in [5.74, 6) is -0.330. The van der Waals surface area contributed by atoms with Crippen molar-refractivity contribution >= 4 is 48.9 Å². The van der Waals surface area contributed by atoms with Gasteiger partial charge in [0.15, 0.2) is 0 Å². The number of benzene rings is 1. The third-order valence-electron chi connectivity index (χ3n) is 2.72. The van der Waals surface area contributed by atoms with Crippen LogP contribution in [0.25, 0.3) is 0 Å². The van der Waals surface area contributed by atoms with Crippen LogP contribution in [0.4, 0.5) is 5.69 Å². The van der Waals surface area contributed by atoms with Crippen LogP contribution in [0.2, 0.25) is 0 Å². The SMILES string of the molecule is CC(C)(C)NC(=O)c1ccccc1NS(=O)(=O)c1ccc(Br)s1. The highest BCUT2D eigenvalue weighted by Gasteiger charge is 2.22. The molecule has 0 bridgehead atoms. The molecule has 8 heteroatoms. The number of halogens is 1. The molecule has 0 radical (unpaired) electrons. The summed E-state index contributed by atoms with van der Waals surface area (Å²) in [7, 11) is -3.73. The molecule has 0 aliphatic carbocycles. The maximum Gasteiger partial charge on any atom is 0.271 e. The molecule has 2 rings (SSSR count). The third-order valence-corrected chi connectivity index (χ3v) is 6.20. The highest BCUT2D eigenvalue weighted by Crippen LogP contribution is 2.28. The Hall–Kier alpha value is -1.38.